The Bertz CT molecular complexity index is 708. The first-order valence-corrected chi connectivity index (χ1v) is 7.58. The van der Waals surface area contributed by atoms with Crippen LogP contribution < -0.4 is 5.69 Å². The van der Waals surface area contributed by atoms with E-state index in [9.17, 15) is 9.90 Å². The maximum absolute atomic E-state index is 12.1. The fourth-order valence-electron chi connectivity index (χ4n) is 2.71. The van der Waals surface area contributed by atoms with Gasteiger partial charge in [0.05, 0.1) is 18.1 Å². The molecule has 120 valence electrons. The van der Waals surface area contributed by atoms with Crippen molar-refractivity contribution in [1.29, 1.82) is 0 Å². The lowest BCUT2D eigenvalue weighted by molar-refractivity contribution is -0.0457. The van der Waals surface area contributed by atoms with Gasteiger partial charge in [0.25, 0.3) is 0 Å². The maximum Gasteiger partial charge on any atom is 0.353 e. The van der Waals surface area contributed by atoms with Crippen LogP contribution in [0.25, 0.3) is 11.1 Å². The molecule has 2 aromatic heterocycles. The molecule has 7 heteroatoms. The van der Waals surface area contributed by atoms with Gasteiger partial charge in [-0.1, -0.05) is 13.3 Å². The van der Waals surface area contributed by atoms with Crippen molar-refractivity contribution in [3.63, 3.8) is 0 Å². The number of aliphatic hydroxyl groups is 2. The SMILES string of the molecule is CCCCc1cc2cn([C@H]3C[C@H](O)[C@@H](CO)O3)c(=O)nc2o1. The number of hydrogen-bond acceptors (Lipinski definition) is 6. The van der Waals surface area contributed by atoms with Crippen LogP contribution in [-0.2, 0) is 11.2 Å². The largest absolute Gasteiger partial charge is 0.443 e. The Morgan fingerprint density at radius 3 is 3.00 bits per heavy atom. The molecule has 0 amide bonds. The average molecular weight is 308 g/mol. The van der Waals surface area contributed by atoms with Crippen LogP contribution >= 0.6 is 0 Å². The highest BCUT2D eigenvalue weighted by Gasteiger charge is 2.35. The van der Waals surface area contributed by atoms with Crippen molar-refractivity contribution in [3.8, 4) is 0 Å². The molecule has 0 spiro atoms. The van der Waals surface area contributed by atoms with Gasteiger partial charge in [-0.05, 0) is 12.5 Å². The highest BCUT2D eigenvalue weighted by Crippen LogP contribution is 2.28. The number of nitrogens with zero attached hydrogens (tertiary/aromatic N) is 2. The molecule has 0 radical (unpaired) electrons. The molecule has 7 nitrogen and oxygen atoms in total. The second-order valence-corrected chi connectivity index (χ2v) is 5.62. The van der Waals surface area contributed by atoms with Crippen molar-refractivity contribution in [2.45, 2.75) is 51.0 Å². The van der Waals surface area contributed by atoms with E-state index in [0.29, 0.717) is 5.71 Å². The molecule has 0 aromatic carbocycles. The molecule has 1 saturated heterocycles. The van der Waals surface area contributed by atoms with Gasteiger partial charge >= 0.3 is 5.69 Å². The highest BCUT2D eigenvalue weighted by molar-refractivity contribution is 5.72. The van der Waals surface area contributed by atoms with Gasteiger partial charge in [-0.2, -0.15) is 4.98 Å². The monoisotopic (exact) mass is 308 g/mol. The zero-order valence-electron chi connectivity index (χ0n) is 12.4. The summed E-state index contributed by atoms with van der Waals surface area (Å²) in [6.45, 7) is 1.82. The summed E-state index contributed by atoms with van der Waals surface area (Å²) in [6, 6.07) is 1.88. The fourth-order valence-corrected chi connectivity index (χ4v) is 2.71. The van der Waals surface area contributed by atoms with E-state index in [1.807, 2.05) is 6.07 Å². The Balaban J connectivity index is 1.90. The molecule has 22 heavy (non-hydrogen) atoms. The third kappa shape index (κ3) is 2.79. The predicted octanol–water partition coefficient (Wildman–Crippen LogP) is 0.973. The van der Waals surface area contributed by atoms with Crippen LogP contribution in [0.3, 0.4) is 0 Å². The summed E-state index contributed by atoms with van der Waals surface area (Å²) in [5, 5.41) is 19.6. The molecule has 1 fully saturated rings. The third-order valence-corrected chi connectivity index (χ3v) is 3.96. The molecule has 0 unspecified atom stereocenters. The number of ether oxygens (including phenoxy) is 1. The van der Waals surface area contributed by atoms with Crippen LogP contribution in [-0.4, -0.2) is 38.6 Å². The summed E-state index contributed by atoms with van der Waals surface area (Å²) in [5.41, 5.74) is -0.163. The van der Waals surface area contributed by atoms with Crippen LogP contribution in [0, 0.1) is 0 Å². The second-order valence-electron chi connectivity index (χ2n) is 5.62. The number of aliphatic hydroxyl groups excluding tert-OH is 2. The van der Waals surface area contributed by atoms with Gasteiger partial charge in [-0.15, -0.1) is 0 Å². The van der Waals surface area contributed by atoms with E-state index >= 15 is 0 Å². The third-order valence-electron chi connectivity index (χ3n) is 3.96. The van der Waals surface area contributed by atoms with Gasteiger partial charge < -0.3 is 19.4 Å². The first-order valence-electron chi connectivity index (χ1n) is 7.58. The van der Waals surface area contributed by atoms with Crippen LogP contribution in [0.2, 0.25) is 0 Å². The summed E-state index contributed by atoms with van der Waals surface area (Å²) in [4.78, 5) is 16.1. The van der Waals surface area contributed by atoms with Crippen LogP contribution in [0.4, 0.5) is 0 Å². The lowest BCUT2D eigenvalue weighted by Gasteiger charge is -2.13. The van der Waals surface area contributed by atoms with Crippen LogP contribution in [0.1, 0.15) is 38.2 Å². The molecule has 0 aliphatic carbocycles. The van der Waals surface area contributed by atoms with Crippen molar-refractivity contribution < 1.29 is 19.4 Å². The number of unbranched alkanes of at least 4 members (excludes halogenated alkanes) is 1. The van der Waals surface area contributed by atoms with Gasteiger partial charge in [-0.25, -0.2) is 4.79 Å². The van der Waals surface area contributed by atoms with E-state index in [2.05, 4.69) is 11.9 Å². The van der Waals surface area contributed by atoms with Gasteiger partial charge in [0.2, 0.25) is 5.71 Å². The smallest absolute Gasteiger partial charge is 0.353 e. The Kier molecular flexibility index (Phi) is 4.28. The number of furan rings is 1. The van der Waals surface area contributed by atoms with Gasteiger partial charge in [-0.3, -0.25) is 4.57 Å². The average Bonchev–Trinajstić information content (AvgIpc) is 3.06. The molecule has 0 saturated carbocycles. The van der Waals surface area contributed by atoms with E-state index in [1.165, 1.54) is 4.57 Å². The number of aromatic nitrogens is 2. The van der Waals surface area contributed by atoms with E-state index < -0.39 is 24.1 Å². The highest BCUT2D eigenvalue weighted by atomic mass is 16.5. The molecule has 1 aliphatic heterocycles. The van der Waals surface area contributed by atoms with Crippen LogP contribution in [0.5, 0.6) is 0 Å². The lowest BCUT2D eigenvalue weighted by Crippen LogP contribution is -2.27. The number of aryl methyl sites for hydroxylation is 1. The van der Waals surface area contributed by atoms with E-state index in [0.717, 1.165) is 30.4 Å². The maximum atomic E-state index is 12.1. The first-order chi connectivity index (χ1) is 10.6. The molecule has 3 rings (SSSR count). The van der Waals surface area contributed by atoms with Crippen molar-refractivity contribution in [2.24, 2.45) is 0 Å². The van der Waals surface area contributed by atoms with Crippen molar-refractivity contribution in [1.82, 2.24) is 9.55 Å². The Morgan fingerprint density at radius 2 is 2.32 bits per heavy atom. The van der Waals surface area contributed by atoms with E-state index in [-0.39, 0.29) is 13.0 Å². The first kappa shape index (κ1) is 15.2. The molecule has 3 atom stereocenters. The fraction of sp³-hybridized carbons (Fsp3) is 0.600. The van der Waals surface area contributed by atoms with Gasteiger partial charge in [0.1, 0.15) is 18.1 Å². The van der Waals surface area contributed by atoms with Crippen molar-refractivity contribution in [2.75, 3.05) is 6.61 Å². The van der Waals surface area contributed by atoms with Crippen LogP contribution in [0.15, 0.2) is 21.5 Å². The molecule has 2 N–H and O–H groups in total. The zero-order valence-corrected chi connectivity index (χ0v) is 12.4. The quantitative estimate of drug-likeness (QED) is 0.854. The molecule has 0 bridgehead atoms. The molecule has 1 aliphatic rings. The topological polar surface area (TPSA) is 97.7 Å². The standard InChI is InChI=1S/C15H20N2O5/c1-2-3-4-10-5-9-7-17(15(20)16-14(9)21-10)13-6-11(19)12(8-18)22-13/h5,7,11-13,18-19H,2-4,6,8H2,1H3/t11-,12+,13+/m0/s1. The lowest BCUT2D eigenvalue weighted by atomic mass is 10.2. The van der Waals surface area contributed by atoms with E-state index in [1.54, 1.807) is 6.20 Å². The summed E-state index contributed by atoms with van der Waals surface area (Å²) >= 11 is 0. The Hall–Kier alpha value is -1.70. The second kappa shape index (κ2) is 6.20. The predicted molar refractivity (Wildman–Crippen MR) is 78.5 cm³/mol. The summed E-state index contributed by atoms with van der Waals surface area (Å²) < 4.78 is 12.4. The Labute approximate surface area is 127 Å². The number of hydrogen-bond donors (Lipinski definition) is 2. The minimum absolute atomic E-state index is 0.249. The molecular formula is C15H20N2O5. The van der Waals surface area contributed by atoms with Crippen molar-refractivity contribution in [3.05, 3.63) is 28.5 Å². The molecule has 3 heterocycles. The molecular weight excluding hydrogens is 288 g/mol. The van der Waals surface area contributed by atoms with Crippen molar-refractivity contribution >= 4 is 11.1 Å². The summed E-state index contributed by atoms with van der Waals surface area (Å²) in [7, 11) is 0. The minimum Gasteiger partial charge on any atom is -0.443 e. The van der Waals surface area contributed by atoms with Gasteiger partial charge in [0.15, 0.2) is 0 Å². The molecule has 2 aromatic rings. The Morgan fingerprint density at radius 1 is 1.50 bits per heavy atom. The van der Waals surface area contributed by atoms with Gasteiger partial charge in [0, 0.05) is 19.0 Å². The summed E-state index contributed by atoms with van der Waals surface area (Å²) in [5.74, 6) is 0.808. The van der Waals surface area contributed by atoms with E-state index in [4.69, 9.17) is 14.3 Å². The minimum atomic E-state index is -0.790. The zero-order chi connectivity index (χ0) is 15.7. The number of fused-ring (bicyclic) bond motifs is 1. The number of rotatable bonds is 5. The normalized spacial score (nSPS) is 25.1. The summed E-state index contributed by atoms with van der Waals surface area (Å²) in [6.07, 6.45) is 2.70.